The fraction of sp³-hybridized carbons (Fsp3) is 0.148. The third-order valence-electron chi connectivity index (χ3n) is 5.37. The van der Waals surface area contributed by atoms with Gasteiger partial charge in [0.05, 0.1) is 25.1 Å². The SMILES string of the molecule is COc1ccc(-c2onc(-c3cccc(CC(=O)O)c3)c2C(=O)NCCOc2ccc(Cl)cc2Cl)cc1. The van der Waals surface area contributed by atoms with Gasteiger partial charge in [-0.2, -0.15) is 0 Å². The number of halogens is 2. The van der Waals surface area contributed by atoms with Crippen LogP contribution in [-0.2, 0) is 11.2 Å². The fourth-order valence-electron chi connectivity index (χ4n) is 3.65. The molecule has 1 heterocycles. The molecule has 4 aromatic rings. The van der Waals surface area contributed by atoms with Crippen LogP contribution in [0, 0.1) is 0 Å². The first kappa shape index (κ1) is 26.1. The molecule has 3 aromatic carbocycles. The van der Waals surface area contributed by atoms with E-state index in [1.807, 2.05) is 0 Å². The summed E-state index contributed by atoms with van der Waals surface area (Å²) >= 11 is 12.0. The van der Waals surface area contributed by atoms with E-state index in [1.54, 1.807) is 73.8 Å². The molecule has 190 valence electrons. The van der Waals surface area contributed by atoms with Gasteiger partial charge in [-0.15, -0.1) is 0 Å². The Morgan fingerprint density at radius 1 is 1.03 bits per heavy atom. The highest BCUT2D eigenvalue weighted by atomic mass is 35.5. The van der Waals surface area contributed by atoms with Crippen molar-refractivity contribution < 1.29 is 28.7 Å². The van der Waals surface area contributed by atoms with Gasteiger partial charge in [0.2, 0.25) is 0 Å². The van der Waals surface area contributed by atoms with Gasteiger partial charge in [0.1, 0.15) is 29.4 Å². The summed E-state index contributed by atoms with van der Waals surface area (Å²) in [7, 11) is 1.56. The molecule has 0 spiro atoms. The third-order valence-corrected chi connectivity index (χ3v) is 5.90. The molecule has 1 aromatic heterocycles. The van der Waals surface area contributed by atoms with E-state index in [2.05, 4.69) is 10.5 Å². The van der Waals surface area contributed by atoms with Crippen molar-refractivity contribution in [1.29, 1.82) is 0 Å². The number of hydrogen-bond donors (Lipinski definition) is 2. The molecule has 0 saturated carbocycles. The van der Waals surface area contributed by atoms with Crippen LogP contribution in [0.5, 0.6) is 11.5 Å². The number of rotatable bonds is 10. The minimum absolute atomic E-state index is 0.152. The van der Waals surface area contributed by atoms with Crippen LogP contribution in [0.3, 0.4) is 0 Å². The molecule has 0 unspecified atom stereocenters. The van der Waals surface area contributed by atoms with E-state index >= 15 is 0 Å². The predicted octanol–water partition coefficient (Wildman–Crippen LogP) is 5.76. The molecule has 2 N–H and O–H groups in total. The number of amides is 1. The molecule has 0 fully saturated rings. The lowest BCUT2D eigenvalue weighted by Gasteiger charge is -2.10. The van der Waals surface area contributed by atoms with E-state index in [0.29, 0.717) is 38.2 Å². The summed E-state index contributed by atoms with van der Waals surface area (Å²) in [5, 5.41) is 17.0. The number of carboxylic acid groups (broad SMARTS) is 1. The van der Waals surface area contributed by atoms with E-state index in [-0.39, 0.29) is 36.6 Å². The van der Waals surface area contributed by atoms with Crippen LogP contribution in [0.1, 0.15) is 15.9 Å². The van der Waals surface area contributed by atoms with Crippen molar-refractivity contribution in [2.45, 2.75) is 6.42 Å². The average molecular weight is 541 g/mol. The number of aromatic nitrogens is 1. The van der Waals surface area contributed by atoms with E-state index in [0.717, 1.165) is 0 Å². The number of nitrogens with zero attached hydrogens (tertiary/aromatic N) is 1. The summed E-state index contributed by atoms with van der Waals surface area (Å²) in [5.41, 5.74) is 2.24. The van der Waals surface area contributed by atoms with Gasteiger partial charge in [-0.05, 0) is 54.1 Å². The van der Waals surface area contributed by atoms with Gasteiger partial charge in [0, 0.05) is 16.1 Å². The third kappa shape index (κ3) is 6.41. The Balaban J connectivity index is 1.60. The van der Waals surface area contributed by atoms with E-state index < -0.39 is 11.9 Å². The van der Waals surface area contributed by atoms with Crippen molar-refractivity contribution in [2.24, 2.45) is 0 Å². The zero-order valence-corrected chi connectivity index (χ0v) is 21.2. The van der Waals surface area contributed by atoms with Crippen molar-refractivity contribution >= 4 is 35.1 Å². The number of methoxy groups -OCH3 is 1. The molecule has 1 amide bonds. The number of nitrogens with one attached hydrogen (secondary N) is 1. The molecular formula is C27H22Cl2N2O6. The number of carbonyl (C=O) groups is 2. The van der Waals surface area contributed by atoms with Crippen LogP contribution in [0.4, 0.5) is 0 Å². The van der Waals surface area contributed by atoms with E-state index in [9.17, 15) is 9.59 Å². The lowest BCUT2D eigenvalue weighted by atomic mass is 9.99. The number of ether oxygens (including phenoxy) is 2. The molecule has 0 bridgehead atoms. The Kier molecular flexibility index (Phi) is 8.32. The van der Waals surface area contributed by atoms with Crippen molar-refractivity contribution in [2.75, 3.05) is 20.3 Å². The minimum atomic E-state index is -0.963. The van der Waals surface area contributed by atoms with Gasteiger partial charge in [-0.25, -0.2) is 0 Å². The monoisotopic (exact) mass is 540 g/mol. The van der Waals surface area contributed by atoms with Gasteiger partial charge in [0.15, 0.2) is 5.76 Å². The first-order valence-electron chi connectivity index (χ1n) is 11.2. The van der Waals surface area contributed by atoms with Crippen molar-refractivity contribution in [1.82, 2.24) is 10.5 Å². The normalized spacial score (nSPS) is 10.7. The van der Waals surface area contributed by atoms with Crippen LogP contribution in [-0.4, -0.2) is 42.4 Å². The highest BCUT2D eigenvalue weighted by molar-refractivity contribution is 6.35. The fourth-order valence-corrected chi connectivity index (χ4v) is 4.11. The second-order valence-corrected chi connectivity index (χ2v) is 8.76. The van der Waals surface area contributed by atoms with E-state index in [1.165, 1.54) is 0 Å². The Hall–Kier alpha value is -4.01. The molecule has 0 aliphatic carbocycles. The number of benzene rings is 3. The van der Waals surface area contributed by atoms with E-state index in [4.69, 9.17) is 42.3 Å². The predicted molar refractivity (Wildman–Crippen MR) is 140 cm³/mol. The highest BCUT2D eigenvalue weighted by Gasteiger charge is 2.25. The highest BCUT2D eigenvalue weighted by Crippen LogP contribution is 2.33. The summed E-state index contributed by atoms with van der Waals surface area (Å²) in [6.45, 7) is 0.323. The maximum Gasteiger partial charge on any atom is 0.307 e. The van der Waals surface area contributed by atoms with Crippen LogP contribution in [0.15, 0.2) is 71.3 Å². The summed E-state index contributed by atoms with van der Waals surface area (Å²) in [5.74, 6) is -0.0408. The summed E-state index contributed by atoms with van der Waals surface area (Å²) in [6.07, 6.45) is -0.164. The Labute approximate surface area is 222 Å². The molecule has 0 atom stereocenters. The number of carbonyl (C=O) groups excluding carboxylic acids is 1. The van der Waals surface area contributed by atoms with Gasteiger partial charge < -0.3 is 24.4 Å². The van der Waals surface area contributed by atoms with Gasteiger partial charge in [-0.1, -0.05) is 46.6 Å². The largest absolute Gasteiger partial charge is 0.497 e. The molecule has 0 radical (unpaired) electrons. The molecular weight excluding hydrogens is 519 g/mol. The molecule has 8 nitrogen and oxygen atoms in total. The maximum absolute atomic E-state index is 13.4. The van der Waals surface area contributed by atoms with Crippen LogP contribution < -0.4 is 14.8 Å². The van der Waals surface area contributed by atoms with Gasteiger partial charge in [0.25, 0.3) is 5.91 Å². The quantitative estimate of drug-likeness (QED) is 0.246. The molecule has 0 aliphatic rings. The topological polar surface area (TPSA) is 111 Å². The van der Waals surface area contributed by atoms with Crippen molar-refractivity contribution in [3.8, 4) is 34.1 Å². The van der Waals surface area contributed by atoms with Crippen molar-refractivity contribution in [3.63, 3.8) is 0 Å². The lowest BCUT2D eigenvalue weighted by Crippen LogP contribution is -2.28. The second kappa shape index (κ2) is 11.8. The minimum Gasteiger partial charge on any atom is -0.497 e. The first-order valence-corrected chi connectivity index (χ1v) is 11.9. The molecule has 0 saturated heterocycles. The zero-order chi connectivity index (χ0) is 26.4. The molecule has 4 rings (SSSR count). The second-order valence-electron chi connectivity index (χ2n) is 7.91. The zero-order valence-electron chi connectivity index (χ0n) is 19.7. The number of aliphatic carboxylic acids is 1. The van der Waals surface area contributed by atoms with Crippen LogP contribution >= 0.6 is 23.2 Å². The summed E-state index contributed by atoms with van der Waals surface area (Å²) in [6, 6.07) is 18.7. The average Bonchev–Trinajstić information content (AvgIpc) is 3.33. The standard InChI is InChI=1S/C27H22Cl2N2O6/c1-35-20-8-5-17(6-9-20)26-24(25(31-37-26)18-4-2-3-16(13-18)14-23(32)33)27(34)30-11-12-36-22-10-7-19(28)15-21(22)29/h2-10,13,15H,11-12,14H2,1H3,(H,30,34)(H,32,33). The first-order chi connectivity index (χ1) is 17.9. The lowest BCUT2D eigenvalue weighted by molar-refractivity contribution is -0.136. The maximum atomic E-state index is 13.4. The Bertz CT molecular complexity index is 1420. The molecule has 37 heavy (non-hydrogen) atoms. The Morgan fingerprint density at radius 2 is 1.81 bits per heavy atom. The van der Waals surface area contributed by atoms with Gasteiger partial charge in [-0.3, -0.25) is 9.59 Å². The van der Waals surface area contributed by atoms with Gasteiger partial charge >= 0.3 is 5.97 Å². The van der Waals surface area contributed by atoms with Crippen LogP contribution in [0.2, 0.25) is 10.0 Å². The summed E-state index contributed by atoms with van der Waals surface area (Å²) in [4.78, 5) is 24.6. The smallest absolute Gasteiger partial charge is 0.307 e. The number of hydrogen-bond acceptors (Lipinski definition) is 6. The number of carboxylic acids is 1. The van der Waals surface area contributed by atoms with Crippen molar-refractivity contribution in [3.05, 3.63) is 87.9 Å². The molecule has 0 aliphatic heterocycles. The Morgan fingerprint density at radius 3 is 2.51 bits per heavy atom. The summed E-state index contributed by atoms with van der Waals surface area (Å²) < 4.78 is 16.5. The molecule has 10 heteroatoms. The van der Waals surface area contributed by atoms with Crippen LogP contribution in [0.25, 0.3) is 22.6 Å².